The van der Waals surface area contributed by atoms with Gasteiger partial charge in [-0.2, -0.15) is 9.40 Å². The predicted octanol–water partition coefficient (Wildman–Crippen LogP) is 4.74. The van der Waals surface area contributed by atoms with Crippen LogP contribution in [-0.4, -0.2) is 70.2 Å². The average Bonchev–Trinajstić information content (AvgIpc) is 3.34. The summed E-state index contributed by atoms with van der Waals surface area (Å²) < 4.78 is 37.7. The molecule has 0 radical (unpaired) electrons. The molecule has 230 valence electrons. The van der Waals surface area contributed by atoms with Crippen LogP contribution in [-0.2, 0) is 30.0 Å². The molecule has 1 saturated heterocycles. The maximum atomic E-state index is 14.3. The van der Waals surface area contributed by atoms with E-state index in [-0.39, 0.29) is 22.8 Å². The summed E-state index contributed by atoms with van der Waals surface area (Å²) in [4.78, 5) is 23.4. The summed E-state index contributed by atoms with van der Waals surface area (Å²) >= 11 is 0. The molecule has 1 N–H and O–H groups in total. The number of piperidine rings is 1. The number of hydrogen-bond donors (Lipinski definition) is 1. The molecule has 11 heteroatoms. The van der Waals surface area contributed by atoms with Crippen molar-refractivity contribution in [1.29, 1.82) is 0 Å². The van der Waals surface area contributed by atoms with Crippen LogP contribution in [0, 0.1) is 0 Å². The molecule has 1 aliphatic rings. The first-order chi connectivity index (χ1) is 20.8. The molecule has 0 unspecified atom stereocenters. The number of sulfonamides is 1. The number of nitrogens with one attached hydrogen (secondary N) is 1. The van der Waals surface area contributed by atoms with Gasteiger partial charge in [0, 0.05) is 26.7 Å². The second kappa shape index (κ2) is 13.8. The van der Waals surface area contributed by atoms with E-state index in [1.54, 1.807) is 34.2 Å². The van der Waals surface area contributed by atoms with Gasteiger partial charge in [-0.05, 0) is 62.5 Å². The number of nitrogens with zero attached hydrogens (tertiary/aromatic N) is 5. The summed E-state index contributed by atoms with van der Waals surface area (Å²) in [7, 11) is -2.19. The number of aromatic amines is 1. The van der Waals surface area contributed by atoms with Crippen molar-refractivity contribution in [3.63, 3.8) is 0 Å². The molecule has 0 amide bonds. The van der Waals surface area contributed by atoms with Gasteiger partial charge in [-0.15, -0.1) is 0 Å². The fourth-order valence-electron chi connectivity index (χ4n) is 5.63. The monoisotopic (exact) mass is 606 g/mol. The highest BCUT2D eigenvalue weighted by Gasteiger charge is 2.28. The molecule has 0 bridgehead atoms. The zero-order chi connectivity index (χ0) is 30.4. The van der Waals surface area contributed by atoms with E-state index in [1.807, 2.05) is 44.2 Å². The van der Waals surface area contributed by atoms with Crippen LogP contribution in [0.1, 0.15) is 57.2 Å². The molecule has 0 saturated carbocycles. The lowest BCUT2D eigenvalue weighted by molar-refractivity contribution is 0.211. The van der Waals surface area contributed by atoms with Crippen LogP contribution in [0.5, 0.6) is 5.75 Å². The first kappa shape index (κ1) is 30.9. The summed E-state index contributed by atoms with van der Waals surface area (Å²) in [6.45, 7) is 7.77. The first-order valence-electron chi connectivity index (χ1n) is 15.3. The standard InChI is InChI=1S/C32H42N6O4S/c1-4-12-27-29-30(36(3)35-27)32(39)34-31(33-29)26-22-25(15-16-28(26)42-21-5-2)43(40,41)38(23-24-13-8-6-9-14-24)20-19-37-17-10-7-11-18-37/h6,8-9,13-16,22H,4-5,7,10-12,17-21,23H2,1-3H3,(H,33,34,39). The molecule has 2 aromatic carbocycles. The summed E-state index contributed by atoms with van der Waals surface area (Å²) in [5, 5.41) is 4.52. The molecule has 0 atom stereocenters. The van der Waals surface area contributed by atoms with Crippen LogP contribution >= 0.6 is 0 Å². The van der Waals surface area contributed by atoms with Crippen LogP contribution in [0.15, 0.2) is 58.2 Å². The third-order valence-corrected chi connectivity index (χ3v) is 9.71. The molecule has 43 heavy (non-hydrogen) atoms. The Morgan fingerprint density at radius 2 is 1.79 bits per heavy atom. The quantitative estimate of drug-likeness (QED) is 0.234. The Balaban J connectivity index is 1.57. The van der Waals surface area contributed by atoms with Gasteiger partial charge in [0.15, 0.2) is 5.52 Å². The minimum atomic E-state index is -3.92. The van der Waals surface area contributed by atoms with E-state index in [0.29, 0.717) is 48.5 Å². The number of likely N-dealkylation sites (tertiary alicyclic amines) is 1. The first-order valence-corrected chi connectivity index (χ1v) is 16.7. The molecule has 1 aliphatic heterocycles. The van der Waals surface area contributed by atoms with E-state index < -0.39 is 10.0 Å². The second-order valence-electron chi connectivity index (χ2n) is 11.2. The lowest BCUT2D eigenvalue weighted by Gasteiger charge is -2.30. The van der Waals surface area contributed by atoms with Crippen molar-refractivity contribution >= 4 is 21.1 Å². The number of benzene rings is 2. The summed E-state index contributed by atoms with van der Waals surface area (Å²) in [6.07, 6.45) is 5.79. The summed E-state index contributed by atoms with van der Waals surface area (Å²) in [5.41, 5.74) is 2.65. The van der Waals surface area contributed by atoms with Crippen LogP contribution < -0.4 is 10.3 Å². The third-order valence-electron chi connectivity index (χ3n) is 7.87. The summed E-state index contributed by atoms with van der Waals surface area (Å²) in [6, 6.07) is 14.5. The fraction of sp³-hybridized carbons (Fsp3) is 0.469. The van der Waals surface area contributed by atoms with Crippen LogP contribution in [0.25, 0.3) is 22.4 Å². The van der Waals surface area contributed by atoms with Crippen molar-refractivity contribution in [2.45, 2.75) is 63.8 Å². The number of ether oxygens (including phenoxy) is 1. The molecule has 1 fully saturated rings. The maximum Gasteiger partial charge on any atom is 0.277 e. The normalized spacial score (nSPS) is 14.5. The molecule has 4 aromatic rings. The topological polar surface area (TPSA) is 113 Å². The van der Waals surface area contributed by atoms with Crippen LogP contribution in [0.4, 0.5) is 0 Å². The Kier molecular flexibility index (Phi) is 9.94. The highest BCUT2D eigenvalue weighted by atomic mass is 32.2. The van der Waals surface area contributed by atoms with E-state index >= 15 is 0 Å². The van der Waals surface area contributed by atoms with Crippen molar-refractivity contribution in [3.8, 4) is 17.1 Å². The van der Waals surface area contributed by atoms with E-state index in [2.05, 4.69) is 15.0 Å². The van der Waals surface area contributed by atoms with Gasteiger partial charge in [0.05, 0.1) is 22.8 Å². The third kappa shape index (κ3) is 7.00. The highest BCUT2D eigenvalue weighted by Crippen LogP contribution is 2.32. The average molecular weight is 607 g/mol. The molecule has 10 nitrogen and oxygen atoms in total. The molecule has 2 aromatic heterocycles. The van der Waals surface area contributed by atoms with Crippen LogP contribution in [0.3, 0.4) is 0 Å². The SMILES string of the molecule is CCCOc1ccc(S(=O)(=O)N(CCN2CCCCC2)Cc2ccccc2)cc1-c1nc2c(CCC)nn(C)c2c(=O)[nH]1. The number of H-pyrrole nitrogens is 1. The van der Waals surface area contributed by atoms with Crippen molar-refractivity contribution in [1.82, 2.24) is 29.0 Å². The van der Waals surface area contributed by atoms with Gasteiger partial charge in [-0.1, -0.05) is 57.0 Å². The molecule has 0 spiro atoms. The smallest absolute Gasteiger partial charge is 0.277 e. The zero-order valence-corrected chi connectivity index (χ0v) is 26.2. The molecule has 3 heterocycles. The Morgan fingerprint density at radius 1 is 1.02 bits per heavy atom. The largest absolute Gasteiger partial charge is 0.493 e. The zero-order valence-electron chi connectivity index (χ0n) is 25.4. The lowest BCUT2D eigenvalue weighted by atomic mass is 10.1. The number of aromatic nitrogens is 4. The van der Waals surface area contributed by atoms with E-state index in [0.717, 1.165) is 50.0 Å². The van der Waals surface area contributed by atoms with Gasteiger partial charge in [0.25, 0.3) is 5.56 Å². The van der Waals surface area contributed by atoms with Gasteiger partial charge in [0.2, 0.25) is 10.0 Å². The minimum Gasteiger partial charge on any atom is -0.493 e. The fourth-order valence-corrected chi connectivity index (χ4v) is 7.07. The van der Waals surface area contributed by atoms with Gasteiger partial charge >= 0.3 is 0 Å². The van der Waals surface area contributed by atoms with E-state index in [9.17, 15) is 13.2 Å². The van der Waals surface area contributed by atoms with Gasteiger partial charge in [-0.25, -0.2) is 13.4 Å². The Hall–Kier alpha value is -3.54. The van der Waals surface area contributed by atoms with Crippen molar-refractivity contribution in [3.05, 3.63) is 70.1 Å². The highest BCUT2D eigenvalue weighted by molar-refractivity contribution is 7.89. The predicted molar refractivity (Wildman–Crippen MR) is 169 cm³/mol. The Morgan fingerprint density at radius 3 is 2.51 bits per heavy atom. The number of hydrogen-bond acceptors (Lipinski definition) is 7. The minimum absolute atomic E-state index is 0.128. The molecule has 0 aliphatic carbocycles. The number of aryl methyl sites for hydroxylation is 2. The van der Waals surface area contributed by atoms with Crippen molar-refractivity contribution < 1.29 is 13.2 Å². The number of fused-ring (bicyclic) bond motifs is 1. The van der Waals surface area contributed by atoms with E-state index in [1.165, 1.54) is 6.42 Å². The van der Waals surface area contributed by atoms with Gasteiger partial charge < -0.3 is 14.6 Å². The van der Waals surface area contributed by atoms with Crippen molar-refractivity contribution in [2.75, 3.05) is 32.8 Å². The number of rotatable bonds is 13. The van der Waals surface area contributed by atoms with Crippen molar-refractivity contribution in [2.24, 2.45) is 7.05 Å². The lowest BCUT2D eigenvalue weighted by Crippen LogP contribution is -2.40. The Labute approximate surface area is 253 Å². The molecular formula is C32H42N6O4S. The van der Waals surface area contributed by atoms with Gasteiger partial charge in [0.1, 0.15) is 17.1 Å². The van der Waals surface area contributed by atoms with Crippen LogP contribution in [0.2, 0.25) is 0 Å². The second-order valence-corrected chi connectivity index (χ2v) is 13.1. The summed E-state index contributed by atoms with van der Waals surface area (Å²) in [5.74, 6) is 0.723. The Bertz CT molecular complexity index is 1690. The molecule has 5 rings (SSSR count). The van der Waals surface area contributed by atoms with E-state index in [4.69, 9.17) is 9.72 Å². The van der Waals surface area contributed by atoms with Gasteiger partial charge in [-0.3, -0.25) is 9.48 Å². The maximum absolute atomic E-state index is 14.3. The molecular weight excluding hydrogens is 564 g/mol.